The number of primary amides is 1. The number of aryl methyl sites for hydroxylation is 2. The van der Waals surface area contributed by atoms with E-state index in [4.69, 9.17) is 22.3 Å². The minimum Gasteiger partial charge on any atom is -0.368 e. The minimum absolute atomic E-state index is 0.162. The predicted molar refractivity (Wildman–Crippen MR) is 188 cm³/mol. The number of carbonyl (C=O) groups is 1. The van der Waals surface area contributed by atoms with E-state index in [2.05, 4.69) is 97.0 Å². The Hall–Kier alpha value is -3.49. The van der Waals surface area contributed by atoms with Gasteiger partial charge in [-0.25, -0.2) is 0 Å². The third-order valence-electron chi connectivity index (χ3n) is 8.41. The molecule has 0 aromatic heterocycles. The molecule has 0 radical (unpaired) electrons. The molecule has 1 aliphatic rings. The van der Waals surface area contributed by atoms with Crippen LogP contribution >= 0.6 is 11.6 Å². The van der Waals surface area contributed by atoms with E-state index in [9.17, 15) is 4.79 Å². The first-order valence-electron chi connectivity index (χ1n) is 15.9. The third kappa shape index (κ3) is 10.3. The van der Waals surface area contributed by atoms with Crippen molar-refractivity contribution in [3.05, 3.63) is 118 Å². The number of halogens is 1. The zero-order valence-electron chi connectivity index (χ0n) is 27.3. The van der Waals surface area contributed by atoms with Gasteiger partial charge >= 0.3 is 0 Å². The van der Waals surface area contributed by atoms with Gasteiger partial charge in [-0.15, -0.1) is 0 Å². The number of nitrogens with one attached hydrogen (secondary N) is 1. The maximum atomic E-state index is 12.4. The van der Waals surface area contributed by atoms with Gasteiger partial charge in [-0.3, -0.25) is 19.6 Å². The summed E-state index contributed by atoms with van der Waals surface area (Å²) in [5, 5.41) is 4.23. The number of hydrogen-bond donors (Lipinski definition) is 2. The van der Waals surface area contributed by atoms with Crippen molar-refractivity contribution in [3.63, 3.8) is 0 Å². The number of amidine groups is 1. The number of nitrogens with two attached hydrogens (primary N) is 1. The normalized spacial score (nSPS) is 16.0. The van der Waals surface area contributed by atoms with Crippen LogP contribution in [0, 0.1) is 13.8 Å². The van der Waals surface area contributed by atoms with Crippen molar-refractivity contribution in [2.24, 2.45) is 10.7 Å². The average Bonchev–Trinajstić information content (AvgIpc) is 3.01. The molecule has 4 rings (SSSR count). The van der Waals surface area contributed by atoms with Crippen LogP contribution < -0.4 is 11.1 Å². The molecule has 0 saturated carbocycles. The Kier molecular flexibility index (Phi) is 12.8. The second kappa shape index (κ2) is 16.7. The van der Waals surface area contributed by atoms with E-state index in [1.807, 2.05) is 30.3 Å². The first-order valence-corrected chi connectivity index (χ1v) is 16.3. The lowest BCUT2D eigenvalue weighted by Crippen LogP contribution is -2.49. The highest BCUT2D eigenvalue weighted by atomic mass is 35.5. The number of aliphatic imine (C=N–C) groups is 1. The summed E-state index contributed by atoms with van der Waals surface area (Å²) in [5.41, 5.74) is 12.5. The highest BCUT2D eigenvalue weighted by Gasteiger charge is 2.27. The SMILES string of the molecule is C=C(CN1CCN(C(c2ccc(C)cc2)c2ccc(Cl)cc2)CC1)NC(=N[C@@H](CCCCN(C)C)C(N)=O)c1ccccc1C. The van der Waals surface area contributed by atoms with Crippen LogP contribution in [0.25, 0.3) is 0 Å². The number of carbonyl (C=O) groups excluding carboxylic acids is 1. The molecule has 3 N–H and O–H groups in total. The Morgan fingerprint density at radius 2 is 1.58 bits per heavy atom. The molecule has 3 aromatic rings. The number of rotatable bonds is 14. The van der Waals surface area contributed by atoms with Crippen LogP contribution in [0.1, 0.15) is 53.1 Å². The molecular formula is C37H49ClN6O. The Morgan fingerprint density at radius 3 is 2.18 bits per heavy atom. The van der Waals surface area contributed by atoms with Crippen LogP contribution in [0.5, 0.6) is 0 Å². The van der Waals surface area contributed by atoms with Gasteiger partial charge in [0.25, 0.3) is 0 Å². The minimum atomic E-state index is -0.600. The highest BCUT2D eigenvalue weighted by molar-refractivity contribution is 6.30. The monoisotopic (exact) mass is 628 g/mol. The maximum absolute atomic E-state index is 12.4. The zero-order chi connectivity index (χ0) is 32.3. The van der Waals surface area contributed by atoms with Gasteiger partial charge in [-0.05, 0) is 82.6 Å². The second-order valence-electron chi connectivity index (χ2n) is 12.4. The molecule has 8 heteroatoms. The van der Waals surface area contributed by atoms with Gasteiger partial charge in [0.05, 0.1) is 6.04 Å². The molecule has 1 saturated heterocycles. The summed E-state index contributed by atoms with van der Waals surface area (Å²) in [6.45, 7) is 13.8. The largest absolute Gasteiger partial charge is 0.368 e. The lowest BCUT2D eigenvalue weighted by Gasteiger charge is -2.40. The molecule has 1 amide bonds. The van der Waals surface area contributed by atoms with Gasteiger partial charge in [0.2, 0.25) is 5.91 Å². The molecule has 2 atom stereocenters. The summed E-state index contributed by atoms with van der Waals surface area (Å²) in [6.07, 6.45) is 2.48. The first-order chi connectivity index (χ1) is 21.6. The number of nitrogens with zero attached hydrogens (tertiary/aromatic N) is 4. The van der Waals surface area contributed by atoms with E-state index in [0.717, 1.165) is 67.4 Å². The van der Waals surface area contributed by atoms with E-state index in [-0.39, 0.29) is 6.04 Å². The summed E-state index contributed by atoms with van der Waals surface area (Å²) in [4.78, 5) is 24.4. The molecule has 0 aliphatic carbocycles. The van der Waals surface area contributed by atoms with Crippen molar-refractivity contribution >= 4 is 23.3 Å². The Labute approximate surface area is 274 Å². The molecule has 0 bridgehead atoms. The van der Waals surface area contributed by atoms with Crippen molar-refractivity contribution < 1.29 is 4.79 Å². The summed E-state index contributed by atoms with van der Waals surface area (Å²) >= 11 is 6.23. The van der Waals surface area contributed by atoms with Crippen LogP contribution in [0.4, 0.5) is 0 Å². The van der Waals surface area contributed by atoms with Gasteiger partial charge in [-0.1, -0.05) is 84.4 Å². The summed E-state index contributed by atoms with van der Waals surface area (Å²) < 4.78 is 0. The quantitative estimate of drug-likeness (QED) is 0.134. The molecule has 0 spiro atoms. The molecular weight excluding hydrogens is 580 g/mol. The van der Waals surface area contributed by atoms with Crippen LogP contribution in [0.2, 0.25) is 5.02 Å². The van der Waals surface area contributed by atoms with Crippen molar-refractivity contribution in [2.45, 2.75) is 45.2 Å². The second-order valence-corrected chi connectivity index (χ2v) is 12.9. The van der Waals surface area contributed by atoms with Crippen molar-refractivity contribution in [1.29, 1.82) is 0 Å². The van der Waals surface area contributed by atoms with E-state index in [1.165, 1.54) is 16.7 Å². The predicted octanol–water partition coefficient (Wildman–Crippen LogP) is 5.80. The van der Waals surface area contributed by atoms with Crippen LogP contribution in [-0.4, -0.2) is 85.8 Å². The molecule has 3 aromatic carbocycles. The third-order valence-corrected chi connectivity index (χ3v) is 8.66. The lowest BCUT2D eigenvalue weighted by molar-refractivity contribution is -0.119. The zero-order valence-corrected chi connectivity index (χ0v) is 28.1. The van der Waals surface area contributed by atoms with Crippen molar-refractivity contribution in [2.75, 3.05) is 53.4 Å². The van der Waals surface area contributed by atoms with Crippen LogP contribution in [0.3, 0.4) is 0 Å². The first kappa shape index (κ1) is 34.4. The highest BCUT2D eigenvalue weighted by Crippen LogP contribution is 2.31. The van der Waals surface area contributed by atoms with Crippen LogP contribution in [-0.2, 0) is 4.79 Å². The average molecular weight is 629 g/mol. The Morgan fingerprint density at radius 1 is 0.956 bits per heavy atom. The lowest BCUT2D eigenvalue weighted by atomic mass is 9.95. The molecule has 240 valence electrons. The van der Waals surface area contributed by atoms with Gasteiger partial charge < -0.3 is 16.0 Å². The molecule has 1 aliphatic heterocycles. The smallest absolute Gasteiger partial charge is 0.242 e. The van der Waals surface area contributed by atoms with Gasteiger partial charge in [0.15, 0.2) is 0 Å². The van der Waals surface area contributed by atoms with E-state index >= 15 is 0 Å². The number of amides is 1. The van der Waals surface area contributed by atoms with E-state index < -0.39 is 11.9 Å². The standard InChI is InChI=1S/C37H49ClN6O/c1-27-13-15-30(16-14-27)35(31-17-19-32(38)20-18-31)44-24-22-43(23-25-44)26-29(3)40-37(33-11-7-6-10-28(33)2)41-34(36(39)45)12-8-9-21-42(4)5/h6-7,10-11,13-20,34-35H,3,8-9,12,21-26H2,1-2,4-5H3,(H2,39,45)(H,40,41)/t34-,35?/m0/s1. The van der Waals surface area contributed by atoms with Gasteiger partial charge in [0, 0.05) is 49.0 Å². The summed E-state index contributed by atoms with van der Waals surface area (Å²) in [5.74, 6) is 0.244. The van der Waals surface area contributed by atoms with Gasteiger partial charge in [0.1, 0.15) is 11.9 Å². The van der Waals surface area contributed by atoms with E-state index in [0.29, 0.717) is 18.8 Å². The summed E-state index contributed by atoms with van der Waals surface area (Å²) in [6, 6.07) is 24.7. The molecule has 1 unspecified atom stereocenters. The fourth-order valence-electron chi connectivity index (χ4n) is 5.86. The number of piperazine rings is 1. The topological polar surface area (TPSA) is 77.2 Å². The Bertz CT molecular complexity index is 1380. The molecule has 1 heterocycles. The van der Waals surface area contributed by atoms with Crippen molar-refractivity contribution in [1.82, 2.24) is 20.0 Å². The number of unbranched alkanes of at least 4 members (excludes halogenated alkanes) is 1. The summed E-state index contributed by atoms with van der Waals surface area (Å²) in [7, 11) is 4.11. The van der Waals surface area contributed by atoms with E-state index in [1.54, 1.807) is 0 Å². The van der Waals surface area contributed by atoms with Crippen LogP contribution in [0.15, 0.2) is 90.1 Å². The van der Waals surface area contributed by atoms with Gasteiger partial charge in [-0.2, -0.15) is 0 Å². The fourth-order valence-corrected chi connectivity index (χ4v) is 5.99. The number of hydrogen-bond acceptors (Lipinski definition) is 5. The maximum Gasteiger partial charge on any atom is 0.242 e. The molecule has 45 heavy (non-hydrogen) atoms. The molecule has 1 fully saturated rings. The Balaban J connectivity index is 1.44. The number of benzene rings is 3. The fraction of sp³-hybridized carbons (Fsp3) is 0.405. The molecule has 7 nitrogen and oxygen atoms in total. The van der Waals surface area contributed by atoms with Crippen molar-refractivity contribution in [3.8, 4) is 0 Å².